The second-order valence-electron chi connectivity index (χ2n) is 4.55. The van der Waals surface area contributed by atoms with Gasteiger partial charge in [-0.15, -0.1) is 0 Å². The standard InChI is InChI=1S/C14H19N3O/c1-10-7-8-16-14(13(10)15)17-11(2)5-6-12-4-3-9-18-12/h3-4,7-9,11H,5-6,15H2,1-2H3,(H,16,17). The zero-order valence-electron chi connectivity index (χ0n) is 10.8. The molecular formula is C14H19N3O. The molecule has 3 N–H and O–H groups in total. The van der Waals surface area contributed by atoms with Crippen LogP contribution < -0.4 is 11.1 Å². The van der Waals surface area contributed by atoms with Crippen molar-refractivity contribution in [3.63, 3.8) is 0 Å². The Morgan fingerprint density at radius 1 is 1.44 bits per heavy atom. The SMILES string of the molecule is Cc1ccnc(NC(C)CCc2ccco2)c1N. The van der Waals surface area contributed by atoms with E-state index in [2.05, 4.69) is 17.2 Å². The third kappa shape index (κ3) is 3.03. The van der Waals surface area contributed by atoms with Crippen molar-refractivity contribution < 1.29 is 4.42 Å². The molecule has 0 radical (unpaired) electrons. The number of nitrogens with two attached hydrogens (primary N) is 1. The Hall–Kier alpha value is -1.97. The summed E-state index contributed by atoms with van der Waals surface area (Å²) in [6.45, 7) is 4.10. The first-order valence-corrected chi connectivity index (χ1v) is 6.17. The molecule has 2 heterocycles. The van der Waals surface area contributed by atoms with Gasteiger partial charge in [0, 0.05) is 18.7 Å². The highest BCUT2D eigenvalue weighted by Crippen LogP contribution is 2.20. The van der Waals surface area contributed by atoms with Crippen LogP contribution in [0.4, 0.5) is 11.5 Å². The fraction of sp³-hybridized carbons (Fsp3) is 0.357. The Bertz CT molecular complexity index is 494. The van der Waals surface area contributed by atoms with Crippen molar-refractivity contribution in [1.29, 1.82) is 0 Å². The van der Waals surface area contributed by atoms with Gasteiger partial charge in [0.25, 0.3) is 0 Å². The van der Waals surface area contributed by atoms with Gasteiger partial charge in [-0.3, -0.25) is 0 Å². The average molecular weight is 245 g/mol. The Morgan fingerprint density at radius 2 is 2.28 bits per heavy atom. The zero-order chi connectivity index (χ0) is 13.0. The molecule has 2 aromatic heterocycles. The van der Waals surface area contributed by atoms with Gasteiger partial charge in [0.05, 0.1) is 12.0 Å². The lowest BCUT2D eigenvalue weighted by molar-refractivity contribution is 0.495. The van der Waals surface area contributed by atoms with Crippen LogP contribution in [0.15, 0.2) is 35.1 Å². The Morgan fingerprint density at radius 3 is 3.00 bits per heavy atom. The summed E-state index contributed by atoms with van der Waals surface area (Å²) in [6.07, 6.45) is 5.36. The summed E-state index contributed by atoms with van der Waals surface area (Å²) in [4.78, 5) is 4.26. The first kappa shape index (κ1) is 12.5. The molecule has 0 saturated heterocycles. The number of hydrogen-bond acceptors (Lipinski definition) is 4. The molecule has 0 amide bonds. The number of aryl methyl sites for hydroxylation is 2. The molecule has 0 aliphatic rings. The number of furan rings is 1. The van der Waals surface area contributed by atoms with Crippen LogP contribution in [0.3, 0.4) is 0 Å². The molecule has 1 atom stereocenters. The first-order valence-electron chi connectivity index (χ1n) is 6.17. The van der Waals surface area contributed by atoms with Gasteiger partial charge in [-0.05, 0) is 44.0 Å². The number of nitrogens with one attached hydrogen (secondary N) is 1. The van der Waals surface area contributed by atoms with Crippen LogP contribution in [-0.4, -0.2) is 11.0 Å². The van der Waals surface area contributed by atoms with Crippen LogP contribution in [0.1, 0.15) is 24.7 Å². The number of hydrogen-bond donors (Lipinski definition) is 2. The van der Waals surface area contributed by atoms with E-state index < -0.39 is 0 Å². The van der Waals surface area contributed by atoms with Crippen LogP contribution in [0.2, 0.25) is 0 Å². The minimum absolute atomic E-state index is 0.298. The van der Waals surface area contributed by atoms with Crippen molar-refractivity contribution in [3.05, 3.63) is 42.0 Å². The van der Waals surface area contributed by atoms with Crippen molar-refractivity contribution in [2.45, 2.75) is 32.7 Å². The summed E-state index contributed by atoms with van der Waals surface area (Å²) in [5.41, 5.74) is 7.75. The van der Waals surface area contributed by atoms with E-state index in [-0.39, 0.29) is 0 Å². The van der Waals surface area contributed by atoms with E-state index in [0.29, 0.717) is 6.04 Å². The van der Waals surface area contributed by atoms with Gasteiger partial charge in [-0.25, -0.2) is 4.98 Å². The number of nitrogens with zero attached hydrogens (tertiary/aromatic N) is 1. The molecule has 18 heavy (non-hydrogen) atoms. The van der Waals surface area contributed by atoms with Crippen molar-refractivity contribution in [3.8, 4) is 0 Å². The molecule has 0 bridgehead atoms. The summed E-state index contributed by atoms with van der Waals surface area (Å²) in [5.74, 6) is 1.77. The Balaban J connectivity index is 1.90. The summed E-state index contributed by atoms with van der Waals surface area (Å²) in [6, 6.07) is 6.11. The molecule has 2 aromatic rings. The van der Waals surface area contributed by atoms with Crippen molar-refractivity contribution in [2.24, 2.45) is 0 Å². The van der Waals surface area contributed by atoms with Gasteiger partial charge in [0.15, 0.2) is 0 Å². The van der Waals surface area contributed by atoms with Gasteiger partial charge in [-0.2, -0.15) is 0 Å². The molecule has 0 spiro atoms. The average Bonchev–Trinajstić information content (AvgIpc) is 2.86. The summed E-state index contributed by atoms with van der Waals surface area (Å²) in [5, 5.41) is 3.34. The number of pyridine rings is 1. The number of anilines is 2. The smallest absolute Gasteiger partial charge is 0.149 e. The van der Waals surface area contributed by atoms with Gasteiger partial charge >= 0.3 is 0 Å². The topological polar surface area (TPSA) is 64.1 Å². The van der Waals surface area contributed by atoms with Gasteiger partial charge < -0.3 is 15.5 Å². The third-order valence-electron chi connectivity index (χ3n) is 3.00. The molecule has 0 saturated carbocycles. The first-order chi connectivity index (χ1) is 8.66. The summed E-state index contributed by atoms with van der Waals surface area (Å²) < 4.78 is 5.31. The van der Waals surface area contributed by atoms with Crippen molar-refractivity contribution in [1.82, 2.24) is 4.98 Å². The lowest BCUT2D eigenvalue weighted by Gasteiger charge is -2.16. The quantitative estimate of drug-likeness (QED) is 0.850. The number of rotatable bonds is 5. The van der Waals surface area contributed by atoms with Crippen LogP contribution >= 0.6 is 0 Å². The molecule has 4 nitrogen and oxygen atoms in total. The van der Waals surface area contributed by atoms with Crippen LogP contribution in [0.5, 0.6) is 0 Å². The summed E-state index contributed by atoms with van der Waals surface area (Å²) in [7, 11) is 0. The molecule has 1 unspecified atom stereocenters. The Labute approximate surface area is 107 Å². The van der Waals surface area contributed by atoms with E-state index >= 15 is 0 Å². The van der Waals surface area contributed by atoms with E-state index in [1.807, 2.05) is 25.1 Å². The van der Waals surface area contributed by atoms with E-state index in [4.69, 9.17) is 10.2 Å². The van der Waals surface area contributed by atoms with E-state index in [1.165, 1.54) is 0 Å². The maximum absolute atomic E-state index is 5.98. The second kappa shape index (κ2) is 5.58. The lowest BCUT2D eigenvalue weighted by atomic mass is 10.1. The van der Waals surface area contributed by atoms with Crippen LogP contribution in [-0.2, 0) is 6.42 Å². The molecule has 0 aromatic carbocycles. The van der Waals surface area contributed by atoms with Gasteiger partial charge in [0.2, 0.25) is 0 Å². The number of nitrogen functional groups attached to an aromatic ring is 1. The maximum atomic E-state index is 5.98. The second-order valence-corrected chi connectivity index (χ2v) is 4.55. The third-order valence-corrected chi connectivity index (χ3v) is 3.00. The number of aromatic nitrogens is 1. The van der Waals surface area contributed by atoms with E-state index in [0.717, 1.165) is 35.7 Å². The highest BCUT2D eigenvalue weighted by atomic mass is 16.3. The zero-order valence-corrected chi connectivity index (χ0v) is 10.8. The normalized spacial score (nSPS) is 12.3. The van der Waals surface area contributed by atoms with Crippen molar-refractivity contribution in [2.75, 3.05) is 11.1 Å². The largest absolute Gasteiger partial charge is 0.469 e. The molecule has 0 fully saturated rings. The highest BCUT2D eigenvalue weighted by molar-refractivity contribution is 5.65. The van der Waals surface area contributed by atoms with Gasteiger partial charge in [-0.1, -0.05) is 0 Å². The maximum Gasteiger partial charge on any atom is 0.149 e. The van der Waals surface area contributed by atoms with E-state index in [1.54, 1.807) is 12.5 Å². The predicted molar refractivity (Wildman–Crippen MR) is 73.5 cm³/mol. The molecule has 0 aliphatic heterocycles. The fourth-order valence-electron chi connectivity index (χ4n) is 1.80. The highest BCUT2D eigenvalue weighted by Gasteiger charge is 2.08. The molecule has 96 valence electrons. The van der Waals surface area contributed by atoms with E-state index in [9.17, 15) is 0 Å². The van der Waals surface area contributed by atoms with Crippen LogP contribution in [0.25, 0.3) is 0 Å². The monoisotopic (exact) mass is 245 g/mol. The molecule has 4 heteroatoms. The van der Waals surface area contributed by atoms with Crippen molar-refractivity contribution >= 4 is 11.5 Å². The molecular weight excluding hydrogens is 226 g/mol. The van der Waals surface area contributed by atoms with Crippen LogP contribution in [0, 0.1) is 6.92 Å². The molecule has 0 aliphatic carbocycles. The fourth-order valence-corrected chi connectivity index (χ4v) is 1.80. The summed E-state index contributed by atoms with van der Waals surface area (Å²) >= 11 is 0. The lowest BCUT2D eigenvalue weighted by Crippen LogP contribution is -2.18. The Kier molecular flexibility index (Phi) is 3.87. The predicted octanol–water partition coefficient (Wildman–Crippen LogP) is 3.00. The minimum atomic E-state index is 0.298. The molecule has 2 rings (SSSR count). The van der Waals surface area contributed by atoms with Gasteiger partial charge in [0.1, 0.15) is 11.6 Å². The minimum Gasteiger partial charge on any atom is -0.469 e.